The number of aryl methyl sites for hydroxylation is 1. The van der Waals surface area contributed by atoms with Crippen LogP contribution in [-0.2, 0) is 16.6 Å². The minimum absolute atomic E-state index is 0. The summed E-state index contributed by atoms with van der Waals surface area (Å²) in [5.41, 5.74) is 4.60. The van der Waals surface area contributed by atoms with E-state index in [0.717, 1.165) is 59.0 Å². The molecule has 2 aliphatic heterocycles. The molecule has 1 atom stereocenters. The molecular weight excluding hydrogens is 476 g/mol. The number of nitrogens with one attached hydrogen (secondary N) is 1. The van der Waals surface area contributed by atoms with Crippen LogP contribution in [0.15, 0.2) is 66.7 Å². The van der Waals surface area contributed by atoms with Gasteiger partial charge in [0.25, 0.3) is 0 Å². The minimum Gasteiger partial charge on any atom is -0.425 e. The van der Waals surface area contributed by atoms with Crippen LogP contribution in [0.3, 0.4) is 0 Å². The summed E-state index contributed by atoms with van der Waals surface area (Å²) in [4.78, 5) is 29.7. The Balaban J connectivity index is 0.00000267. The molecule has 0 radical (unpaired) electrons. The van der Waals surface area contributed by atoms with Gasteiger partial charge in [-0.15, -0.1) is 12.4 Å². The Bertz CT molecular complexity index is 1440. The molecule has 8 heteroatoms. The van der Waals surface area contributed by atoms with E-state index >= 15 is 0 Å². The molecule has 3 heterocycles. The number of anilines is 2. The van der Waals surface area contributed by atoms with Gasteiger partial charge in [-0.1, -0.05) is 42.8 Å². The zero-order chi connectivity index (χ0) is 23.9. The van der Waals surface area contributed by atoms with Crippen molar-refractivity contribution in [2.45, 2.75) is 25.5 Å². The summed E-state index contributed by atoms with van der Waals surface area (Å²) >= 11 is 0. The normalized spacial score (nSPS) is 18.0. The molecule has 7 nitrogen and oxygen atoms in total. The molecule has 2 amide bonds. The fourth-order valence-electron chi connectivity index (χ4n) is 5.43. The molecule has 1 N–H and O–H groups in total. The zero-order valence-corrected chi connectivity index (χ0v) is 21.0. The van der Waals surface area contributed by atoms with E-state index in [0.29, 0.717) is 5.69 Å². The van der Waals surface area contributed by atoms with Crippen molar-refractivity contribution in [3.63, 3.8) is 0 Å². The molecule has 0 saturated carbocycles. The van der Waals surface area contributed by atoms with E-state index in [2.05, 4.69) is 26.9 Å². The summed E-state index contributed by atoms with van der Waals surface area (Å²) in [5, 5.41) is 5.19. The van der Waals surface area contributed by atoms with Crippen LogP contribution in [0.5, 0.6) is 0 Å². The highest BCUT2D eigenvalue weighted by atomic mass is 35.5. The molecule has 4 aromatic rings. The predicted octanol–water partition coefficient (Wildman–Crippen LogP) is 5.83. The molecule has 2 aliphatic rings. The molecule has 0 spiro atoms. The third-order valence-corrected chi connectivity index (χ3v) is 7.15. The monoisotopic (exact) mass is 504 g/mol. The molecule has 0 aliphatic carbocycles. The van der Waals surface area contributed by atoms with Crippen LogP contribution in [-0.4, -0.2) is 41.1 Å². The van der Waals surface area contributed by atoms with E-state index in [4.69, 9.17) is 4.74 Å². The van der Waals surface area contributed by atoms with Crippen molar-refractivity contribution < 1.29 is 14.3 Å². The number of fused-ring (bicyclic) bond motifs is 4. The van der Waals surface area contributed by atoms with Gasteiger partial charge in [0.2, 0.25) is 5.91 Å². The van der Waals surface area contributed by atoms with Crippen molar-refractivity contribution in [1.29, 1.82) is 0 Å². The Morgan fingerprint density at radius 1 is 0.944 bits per heavy atom. The van der Waals surface area contributed by atoms with Crippen LogP contribution in [0.2, 0.25) is 0 Å². The van der Waals surface area contributed by atoms with E-state index < -0.39 is 12.3 Å². The van der Waals surface area contributed by atoms with Gasteiger partial charge in [0, 0.05) is 53.2 Å². The molecule has 6 rings (SSSR count). The van der Waals surface area contributed by atoms with Gasteiger partial charge in [-0.05, 0) is 43.2 Å². The lowest BCUT2D eigenvalue weighted by Gasteiger charge is -2.40. The van der Waals surface area contributed by atoms with E-state index in [1.54, 1.807) is 0 Å². The number of hydrogen-bond donors (Lipinski definition) is 1. The molecule has 3 aromatic carbocycles. The van der Waals surface area contributed by atoms with E-state index in [1.165, 1.54) is 11.3 Å². The number of rotatable bonds is 4. The second-order valence-corrected chi connectivity index (χ2v) is 9.33. The maximum absolute atomic E-state index is 13.0. The molecule has 0 bridgehead atoms. The highest BCUT2D eigenvalue weighted by Crippen LogP contribution is 2.37. The van der Waals surface area contributed by atoms with Crippen molar-refractivity contribution in [3.05, 3.63) is 72.3 Å². The van der Waals surface area contributed by atoms with Crippen molar-refractivity contribution in [2.24, 2.45) is 7.05 Å². The van der Waals surface area contributed by atoms with Crippen molar-refractivity contribution in [3.8, 4) is 0 Å². The number of piperidine rings is 1. The smallest absolute Gasteiger partial charge is 0.416 e. The lowest BCUT2D eigenvalue weighted by atomic mass is 10.0. The number of aromatic nitrogens is 1. The van der Waals surface area contributed by atoms with Crippen LogP contribution < -0.4 is 10.2 Å². The van der Waals surface area contributed by atoms with Crippen LogP contribution in [0.4, 0.5) is 16.2 Å². The number of para-hydroxylation sites is 2. The first kappa shape index (κ1) is 24.2. The molecule has 1 aromatic heterocycles. The lowest BCUT2D eigenvalue weighted by molar-refractivity contribution is -0.115. The van der Waals surface area contributed by atoms with Gasteiger partial charge in [-0.2, -0.15) is 0 Å². The van der Waals surface area contributed by atoms with Crippen molar-refractivity contribution in [2.75, 3.05) is 29.9 Å². The fraction of sp³-hybridized carbons (Fsp3) is 0.286. The number of carbonyl (C=O) groups is 2. The third-order valence-electron chi connectivity index (χ3n) is 7.15. The Labute approximate surface area is 216 Å². The molecule has 36 heavy (non-hydrogen) atoms. The Morgan fingerprint density at radius 2 is 1.67 bits per heavy atom. The van der Waals surface area contributed by atoms with Crippen LogP contribution in [0.25, 0.3) is 21.8 Å². The predicted molar refractivity (Wildman–Crippen MR) is 145 cm³/mol. The Hall–Kier alpha value is -3.55. The molecule has 186 valence electrons. The molecule has 1 unspecified atom stereocenters. The number of likely N-dealkylation sites (tertiary alicyclic amines) is 1. The fourth-order valence-corrected chi connectivity index (χ4v) is 5.43. The number of halogens is 1. The maximum Gasteiger partial charge on any atom is 0.416 e. The zero-order valence-electron chi connectivity index (χ0n) is 20.1. The van der Waals surface area contributed by atoms with Gasteiger partial charge in [0.05, 0.1) is 5.69 Å². The second-order valence-electron chi connectivity index (χ2n) is 9.33. The Kier molecular flexibility index (Phi) is 6.60. The first-order chi connectivity index (χ1) is 17.1. The second kappa shape index (κ2) is 9.84. The summed E-state index contributed by atoms with van der Waals surface area (Å²) in [6, 6.07) is 21.8. The SMILES string of the molecule is Cl.Cn1c2ccccc2c2cc(NC(=O)CN3C(=O)OC(N4CCCCC4)c4ccccc43)ccc21. The van der Waals surface area contributed by atoms with Gasteiger partial charge in [0.1, 0.15) is 6.54 Å². The van der Waals surface area contributed by atoms with Gasteiger partial charge in [-0.3, -0.25) is 14.6 Å². The average molecular weight is 505 g/mol. The summed E-state index contributed by atoms with van der Waals surface area (Å²) in [6.45, 7) is 1.70. The first-order valence-electron chi connectivity index (χ1n) is 12.2. The number of carbonyl (C=O) groups excluding carboxylic acids is 2. The largest absolute Gasteiger partial charge is 0.425 e. The summed E-state index contributed by atoms with van der Waals surface area (Å²) in [7, 11) is 2.04. The lowest BCUT2D eigenvalue weighted by Crippen LogP contribution is -2.46. The topological polar surface area (TPSA) is 66.8 Å². The van der Waals surface area contributed by atoms with Crippen molar-refractivity contribution >= 4 is 57.6 Å². The summed E-state index contributed by atoms with van der Waals surface area (Å²) < 4.78 is 8.00. The number of amides is 2. The number of nitrogens with zero attached hydrogens (tertiary/aromatic N) is 3. The van der Waals surface area contributed by atoms with E-state index in [9.17, 15) is 9.59 Å². The number of benzene rings is 3. The number of cyclic esters (lactones) is 1. The van der Waals surface area contributed by atoms with Crippen LogP contribution >= 0.6 is 12.4 Å². The van der Waals surface area contributed by atoms with Gasteiger partial charge >= 0.3 is 6.09 Å². The summed E-state index contributed by atoms with van der Waals surface area (Å²) in [5.74, 6) is -0.271. The minimum atomic E-state index is -0.487. The maximum atomic E-state index is 13.0. The quantitative estimate of drug-likeness (QED) is 0.379. The first-order valence-corrected chi connectivity index (χ1v) is 12.2. The average Bonchev–Trinajstić information content (AvgIpc) is 3.17. The van der Waals surface area contributed by atoms with Crippen LogP contribution in [0.1, 0.15) is 31.1 Å². The van der Waals surface area contributed by atoms with E-state index in [-0.39, 0.29) is 24.9 Å². The Morgan fingerprint density at radius 3 is 2.50 bits per heavy atom. The number of hydrogen-bond acceptors (Lipinski definition) is 4. The van der Waals surface area contributed by atoms with Gasteiger partial charge in [-0.25, -0.2) is 4.79 Å². The van der Waals surface area contributed by atoms with Crippen molar-refractivity contribution in [1.82, 2.24) is 9.47 Å². The molecule has 1 fully saturated rings. The molecule has 1 saturated heterocycles. The van der Waals surface area contributed by atoms with E-state index in [1.807, 2.05) is 61.6 Å². The van der Waals surface area contributed by atoms with Gasteiger partial charge in [0.15, 0.2) is 6.23 Å². The number of ether oxygens (including phenoxy) is 1. The third kappa shape index (κ3) is 4.18. The molecular formula is C28H29ClN4O3. The summed E-state index contributed by atoms with van der Waals surface area (Å²) in [6.07, 6.45) is 2.52. The van der Waals surface area contributed by atoms with Crippen LogP contribution in [0, 0.1) is 0 Å². The highest BCUT2D eigenvalue weighted by molar-refractivity contribution is 6.10. The standard InChI is InChI=1S/C28H28N4O3.ClH/c1-30-23-11-5-3-9-20(23)22-17-19(13-14-24(22)30)29-26(33)18-32-25-12-6-4-10-21(25)27(35-28(32)34)31-15-7-2-8-16-31;/h3-6,9-14,17,27H,2,7-8,15-16,18H2,1H3,(H,29,33);1H. The van der Waals surface area contributed by atoms with Gasteiger partial charge < -0.3 is 14.6 Å². The highest BCUT2D eigenvalue weighted by Gasteiger charge is 2.37.